The lowest BCUT2D eigenvalue weighted by Gasteiger charge is -2.43. The maximum atomic E-state index is 4.43. The molecule has 1 saturated heterocycles. The number of guanidine groups is 1. The second kappa shape index (κ2) is 10.7. The number of hydrogen-bond acceptors (Lipinski definition) is 4. The van der Waals surface area contributed by atoms with Crippen molar-refractivity contribution in [3.8, 4) is 0 Å². The van der Waals surface area contributed by atoms with Crippen molar-refractivity contribution in [3.05, 3.63) is 0 Å². The Labute approximate surface area is 174 Å². The van der Waals surface area contributed by atoms with Gasteiger partial charge in [0.25, 0.3) is 0 Å². The summed E-state index contributed by atoms with van der Waals surface area (Å²) < 4.78 is 0.229. The molecule has 1 aliphatic carbocycles. The lowest BCUT2D eigenvalue weighted by atomic mass is 9.94. The number of thioether (sulfide) groups is 2. The summed E-state index contributed by atoms with van der Waals surface area (Å²) >= 11 is 3.99. The van der Waals surface area contributed by atoms with E-state index in [0.717, 1.165) is 19.0 Å². The average molecular weight is 487 g/mol. The van der Waals surface area contributed by atoms with E-state index in [0.29, 0.717) is 5.54 Å². The molecule has 0 atom stereocenters. The van der Waals surface area contributed by atoms with Crippen LogP contribution >= 0.6 is 47.5 Å². The summed E-state index contributed by atoms with van der Waals surface area (Å²) in [5.74, 6) is 3.53. The third-order valence-corrected chi connectivity index (χ3v) is 7.45. The van der Waals surface area contributed by atoms with Crippen molar-refractivity contribution in [2.24, 2.45) is 4.99 Å². The van der Waals surface area contributed by atoms with Crippen LogP contribution in [0.25, 0.3) is 0 Å². The molecular weight excluding hydrogens is 451 g/mol. The first-order chi connectivity index (χ1) is 11.0. The number of rotatable bonds is 6. The van der Waals surface area contributed by atoms with E-state index in [-0.39, 0.29) is 28.7 Å². The molecule has 24 heavy (non-hydrogen) atoms. The SMILES string of the molecule is CN=C(NCC(C)(C)SC)NCC1(N2CCSCC2)CCCC1.I. The molecule has 0 bridgehead atoms. The first-order valence-corrected chi connectivity index (χ1v) is 11.2. The predicted molar refractivity (Wildman–Crippen MR) is 122 cm³/mol. The number of aliphatic imine (C=N–C) groups is 1. The van der Waals surface area contributed by atoms with Crippen LogP contribution in [0.15, 0.2) is 4.99 Å². The topological polar surface area (TPSA) is 39.7 Å². The Kier molecular flexibility index (Phi) is 10.1. The van der Waals surface area contributed by atoms with E-state index in [4.69, 9.17) is 0 Å². The van der Waals surface area contributed by atoms with Crippen LogP contribution in [0.4, 0.5) is 0 Å². The largest absolute Gasteiger partial charge is 0.355 e. The molecule has 0 aromatic carbocycles. The Morgan fingerprint density at radius 3 is 2.38 bits per heavy atom. The van der Waals surface area contributed by atoms with E-state index >= 15 is 0 Å². The van der Waals surface area contributed by atoms with Crippen molar-refractivity contribution in [3.63, 3.8) is 0 Å². The van der Waals surface area contributed by atoms with Gasteiger partial charge in [0.15, 0.2) is 5.96 Å². The van der Waals surface area contributed by atoms with E-state index < -0.39 is 0 Å². The molecule has 0 amide bonds. The highest BCUT2D eigenvalue weighted by molar-refractivity contribution is 14.0. The molecule has 142 valence electrons. The van der Waals surface area contributed by atoms with Crippen LogP contribution in [-0.2, 0) is 0 Å². The monoisotopic (exact) mass is 486 g/mol. The van der Waals surface area contributed by atoms with E-state index in [1.165, 1.54) is 50.3 Å². The highest BCUT2D eigenvalue weighted by Crippen LogP contribution is 2.36. The molecule has 0 spiro atoms. The molecule has 2 aliphatic rings. The van der Waals surface area contributed by atoms with E-state index in [1.807, 2.05) is 18.8 Å². The van der Waals surface area contributed by atoms with Gasteiger partial charge in [0.05, 0.1) is 0 Å². The van der Waals surface area contributed by atoms with Gasteiger partial charge in [-0.3, -0.25) is 9.89 Å². The fraction of sp³-hybridized carbons (Fsp3) is 0.941. The molecule has 0 unspecified atom stereocenters. The minimum atomic E-state index is 0. The minimum Gasteiger partial charge on any atom is -0.355 e. The van der Waals surface area contributed by atoms with Gasteiger partial charge < -0.3 is 10.6 Å². The summed E-state index contributed by atoms with van der Waals surface area (Å²) in [4.78, 5) is 7.18. The van der Waals surface area contributed by atoms with Crippen LogP contribution in [0.3, 0.4) is 0 Å². The lowest BCUT2D eigenvalue weighted by Crippen LogP contribution is -2.58. The van der Waals surface area contributed by atoms with Crippen molar-refractivity contribution in [1.82, 2.24) is 15.5 Å². The Balaban J connectivity index is 0.00000288. The molecular formula is C17H35IN4S2. The third-order valence-electron chi connectivity index (χ3n) is 5.26. The summed E-state index contributed by atoms with van der Waals surface area (Å²) in [6, 6.07) is 0. The molecule has 1 saturated carbocycles. The van der Waals surface area contributed by atoms with Crippen molar-refractivity contribution < 1.29 is 0 Å². The summed E-state index contributed by atoms with van der Waals surface area (Å²) in [6.45, 7) is 8.98. The summed E-state index contributed by atoms with van der Waals surface area (Å²) in [7, 11) is 1.88. The lowest BCUT2D eigenvalue weighted by molar-refractivity contribution is 0.107. The Bertz CT molecular complexity index is 392. The van der Waals surface area contributed by atoms with Gasteiger partial charge in [0, 0.05) is 55.0 Å². The van der Waals surface area contributed by atoms with Crippen molar-refractivity contribution >= 4 is 53.5 Å². The van der Waals surface area contributed by atoms with Gasteiger partial charge in [-0.25, -0.2) is 0 Å². The molecule has 0 aromatic rings. The van der Waals surface area contributed by atoms with Crippen LogP contribution in [0.2, 0.25) is 0 Å². The highest BCUT2D eigenvalue weighted by Gasteiger charge is 2.40. The van der Waals surface area contributed by atoms with Gasteiger partial charge in [-0.1, -0.05) is 12.8 Å². The van der Waals surface area contributed by atoms with Gasteiger partial charge in [-0.05, 0) is 32.9 Å². The van der Waals surface area contributed by atoms with Gasteiger partial charge in [0.2, 0.25) is 0 Å². The average Bonchev–Trinajstić information content (AvgIpc) is 3.06. The molecule has 0 aromatic heterocycles. The maximum Gasteiger partial charge on any atom is 0.191 e. The standard InChI is InChI=1S/C17H34N4S2.HI/c1-16(2,22-4)13-19-15(18-3)20-14-17(7-5-6-8-17)21-9-11-23-12-10-21;/h5-14H2,1-4H3,(H2,18,19,20);1H. The maximum absolute atomic E-state index is 4.43. The van der Waals surface area contributed by atoms with E-state index in [9.17, 15) is 0 Å². The first kappa shape index (κ1) is 22.7. The zero-order valence-electron chi connectivity index (χ0n) is 15.7. The van der Waals surface area contributed by atoms with Gasteiger partial charge in [0.1, 0.15) is 0 Å². The number of nitrogens with one attached hydrogen (secondary N) is 2. The quantitative estimate of drug-likeness (QED) is 0.343. The molecule has 0 radical (unpaired) electrons. The fourth-order valence-electron chi connectivity index (χ4n) is 3.51. The van der Waals surface area contributed by atoms with Crippen molar-refractivity contribution in [1.29, 1.82) is 0 Å². The van der Waals surface area contributed by atoms with Gasteiger partial charge >= 0.3 is 0 Å². The van der Waals surface area contributed by atoms with Crippen molar-refractivity contribution in [2.45, 2.75) is 49.8 Å². The summed E-state index contributed by atoms with van der Waals surface area (Å²) in [5.41, 5.74) is 0.355. The highest BCUT2D eigenvalue weighted by atomic mass is 127. The number of halogens is 1. The summed E-state index contributed by atoms with van der Waals surface area (Å²) in [5, 5.41) is 7.13. The zero-order chi connectivity index (χ0) is 16.8. The third kappa shape index (κ3) is 6.43. The van der Waals surface area contributed by atoms with Crippen LogP contribution < -0.4 is 10.6 Å². The van der Waals surface area contributed by atoms with E-state index in [1.54, 1.807) is 0 Å². The first-order valence-electron chi connectivity index (χ1n) is 8.84. The molecule has 1 heterocycles. The molecule has 2 rings (SSSR count). The van der Waals surface area contributed by atoms with Crippen molar-refractivity contribution in [2.75, 3.05) is 51.0 Å². The second-order valence-corrected chi connectivity index (χ2v) is 10.0. The Morgan fingerprint density at radius 1 is 1.21 bits per heavy atom. The predicted octanol–water partition coefficient (Wildman–Crippen LogP) is 3.27. The minimum absolute atomic E-state index is 0. The molecule has 4 nitrogen and oxygen atoms in total. The number of nitrogens with zero attached hydrogens (tertiary/aromatic N) is 2. The smallest absolute Gasteiger partial charge is 0.191 e. The zero-order valence-corrected chi connectivity index (χ0v) is 19.7. The second-order valence-electron chi connectivity index (χ2n) is 7.27. The van der Waals surface area contributed by atoms with E-state index in [2.05, 4.69) is 52.4 Å². The van der Waals surface area contributed by atoms with Gasteiger partial charge in [-0.15, -0.1) is 24.0 Å². The Morgan fingerprint density at radius 2 is 1.83 bits per heavy atom. The normalized spacial score (nSPS) is 22.1. The summed E-state index contributed by atoms with van der Waals surface area (Å²) in [6.07, 6.45) is 7.57. The molecule has 7 heteroatoms. The molecule has 2 fully saturated rings. The van der Waals surface area contributed by atoms with Crippen LogP contribution in [-0.4, -0.2) is 72.1 Å². The van der Waals surface area contributed by atoms with Crippen LogP contribution in [0, 0.1) is 0 Å². The van der Waals surface area contributed by atoms with Gasteiger partial charge in [-0.2, -0.15) is 23.5 Å². The Hall–Kier alpha value is 0.660. The van der Waals surface area contributed by atoms with Crippen LogP contribution in [0.5, 0.6) is 0 Å². The number of hydrogen-bond donors (Lipinski definition) is 2. The van der Waals surface area contributed by atoms with Crippen LogP contribution in [0.1, 0.15) is 39.5 Å². The molecule has 1 aliphatic heterocycles. The molecule has 2 N–H and O–H groups in total. The fourth-order valence-corrected chi connectivity index (χ4v) is 4.63.